The predicted molar refractivity (Wildman–Crippen MR) is 246 cm³/mol. The number of thiophene rings is 2. The van der Waals surface area contributed by atoms with Crippen molar-refractivity contribution in [1.82, 2.24) is 0 Å². The van der Waals surface area contributed by atoms with Crippen LogP contribution in [0.3, 0.4) is 0 Å². The van der Waals surface area contributed by atoms with Gasteiger partial charge in [-0.1, -0.05) is 109 Å². The van der Waals surface area contributed by atoms with Gasteiger partial charge in [0.15, 0.2) is 10.7 Å². The summed E-state index contributed by atoms with van der Waals surface area (Å²) in [7, 11) is 0. The molecule has 13 heteroatoms. The third-order valence-corrected chi connectivity index (χ3v) is 13.5. The molecule has 11 rings (SSSR count). The number of ether oxygens (including phenoxy) is 3. The standard InChI is InChI=1S/C51H28N2O9S2/c54-43-33-19-29-15-7-8-16-30(29)20-34(33)44(55)41(43)52-39-23-37-47(63-39)48-38(24-40(64-48)53-42-45(56)35-21-31-17-9-10-18-32(31)22-36(35)46(42)57)62-51(37,49(58)60-25-27-11-3-1-4-12-27)50(59)61-26-28-13-5-2-6-14-28/h1-24H,25-26H2. The molecular weight excluding hydrogens is 849 g/mol. The van der Waals surface area contributed by atoms with Gasteiger partial charge in [0, 0.05) is 33.2 Å². The van der Waals surface area contributed by atoms with Gasteiger partial charge >= 0.3 is 17.5 Å². The van der Waals surface area contributed by atoms with Gasteiger partial charge in [-0.3, -0.25) is 19.2 Å². The Hall–Kier alpha value is -8.00. The molecule has 2 aromatic heterocycles. The van der Waals surface area contributed by atoms with Crippen LogP contribution in [0, 0.1) is 0 Å². The SMILES string of the molecule is O=C(OCc1ccccc1)C1(C(=O)OCc2ccccc2)Oc2cc(N=c3c(=O)c4cc5ccccc5cc4c3=O)sc2-c2sc(N=c3c(=O)c4cc5ccccc5cc4c3=O)cc21. The molecule has 64 heavy (non-hydrogen) atoms. The number of nitrogens with zero attached hydrogens (tertiary/aromatic N) is 2. The average Bonchev–Trinajstić information content (AvgIpc) is 4.06. The molecule has 1 aliphatic rings. The Morgan fingerprint density at radius 1 is 0.484 bits per heavy atom. The summed E-state index contributed by atoms with van der Waals surface area (Å²) in [5.41, 5.74) is -3.56. The molecule has 0 saturated carbocycles. The Labute approximate surface area is 368 Å². The summed E-state index contributed by atoms with van der Waals surface area (Å²) in [4.78, 5) is 94.6. The highest BCUT2D eigenvalue weighted by Gasteiger charge is 2.59. The third-order valence-electron chi connectivity index (χ3n) is 11.3. The topological polar surface area (TPSA) is 155 Å². The van der Waals surface area contributed by atoms with E-state index in [0.29, 0.717) is 20.9 Å². The Balaban J connectivity index is 1.10. The minimum atomic E-state index is -2.59. The molecule has 0 N–H and O–H groups in total. The van der Waals surface area contributed by atoms with Crippen molar-refractivity contribution in [3.63, 3.8) is 0 Å². The van der Waals surface area contributed by atoms with Crippen molar-refractivity contribution in [3.8, 4) is 15.5 Å². The molecule has 0 aliphatic carbocycles. The van der Waals surface area contributed by atoms with Gasteiger partial charge in [0.2, 0.25) is 21.7 Å². The largest absolute Gasteiger partial charge is 0.458 e. The third kappa shape index (κ3) is 6.31. The van der Waals surface area contributed by atoms with E-state index in [-0.39, 0.29) is 66.8 Å². The molecule has 1 aliphatic heterocycles. The normalized spacial score (nSPS) is 12.8. The first-order chi connectivity index (χ1) is 31.2. The number of carbonyl (C=O) groups excluding carboxylic acids is 2. The maximum absolute atomic E-state index is 14.7. The molecule has 11 nitrogen and oxygen atoms in total. The number of fused-ring (bicyclic) bond motifs is 7. The molecule has 0 unspecified atom stereocenters. The fraction of sp³-hybridized carbons (Fsp3) is 0.0588. The number of benzene rings is 6. The number of esters is 2. The van der Waals surface area contributed by atoms with Gasteiger partial charge in [0.05, 0.1) is 9.75 Å². The Bertz CT molecular complexity index is 3720. The summed E-state index contributed by atoms with van der Waals surface area (Å²) in [5.74, 6) is -2.19. The predicted octanol–water partition coefficient (Wildman–Crippen LogP) is 7.82. The van der Waals surface area contributed by atoms with E-state index in [0.717, 1.165) is 44.2 Å². The Morgan fingerprint density at radius 2 is 0.859 bits per heavy atom. The van der Waals surface area contributed by atoms with Crippen molar-refractivity contribution in [2.45, 2.75) is 18.8 Å². The summed E-state index contributed by atoms with van der Waals surface area (Å²) in [6.07, 6.45) is 0. The van der Waals surface area contributed by atoms with Crippen LogP contribution < -0.4 is 37.2 Å². The van der Waals surface area contributed by atoms with E-state index in [4.69, 9.17) is 14.2 Å². The maximum Gasteiger partial charge on any atom is 0.367 e. The molecule has 3 heterocycles. The fourth-order valence-corrected chi connectivity index (χ4v) is 10.3. The van der Waals surface area contributed by atoms with Crippen LogP contribution in [0.4, 0.5) is 10.0 Å². The zero-order chi connectivity index (χ0) is 43.7. The van der Waals surface area contributed by atoms with Crippen molar-refractivity contribution >= 4 is 87.7 Å². The summed E-state index contributed by atoms with van der Waals surface area (Å²) < 4.78 is 18.3. The molecule has 10 aromatic rings. The summed E-state index contributed by atoms with van der Waals surface area (Å²) >= 11 is 2.06. The molecule has 0 bridgehead atoms. The van der Waals surface area contributed by atoms with Gasteiger partial charge in [-0.15, -0.1) is 22.7 Å². The first-order valence-electron chi connectivity index (χ1n) is 20.0. The molecule has 0 fully saturated rings. The van der Waals surface area contributed by atoms with Crippen LogP contribution in [0.5, 0.6) is 5.75 Å². The average molecular weight is 877 g/mol. The minimum Gasteiger partial charge on any atom is -0.458 e. The first kappa shape index (κ1) is 38.9. The maximum atomic E-state index is 14.7. The second-order valence-electron chi connectivity index (χ2n) is 15.2. The van der Waals surface area contributed by atoms with Crippen molar-refractivity contribution in [2.24, 2.45) is 9.98 Å². The first-order valence-corrected chi connectivity index (χ1v) is 21.6. The van der Waals surface area contributed by atoms with Gasteiger partial charge < -0.3 is 14.2 Å². The summed E-state index contributed by atoms with van der Waals surface area (Å²) in [5, 5.41) is 3.68. The molecule has 0 amide bonds. The number of hydrogen-bond donors (Lipinski definition) is 0. The molecular formula is C51H28N2O9S2. The van der Waals surface area contributed by atoms with Crippen LogP contribution in [0.1, 0.15) is 16.7 Å². The summed E-state index contributed by atoms with van der Waals surface area (Å²) in [6, 6.07) is 42.1. The van der Waals surface area contributed by atoms with Crippen LogP contribution in [0.2, 0.25) is 0 Å². The lowest BCUT2D eigenvalue weighted by atomic mass is 9.91. The van der Waals surface area contributed by atoms with Gasteiger partial charge in [0.1, 0.15) is 29.0 Å². The van der Waals surface area contributed by atoms with Gasteiger partial charge in [-0.05, 0) is 63.0 Å². The highest BCUT2D eigenvalue weighted by Crippen LogP contribution is 2.56. The van der Waals surface area contributed by atoms with E-state index in [1.807, 2.05) is 60.7 Å². The molecule has 0 radical (unpaired) electrons. The van der Waals surface area contributed by atoms with E-state index in [2.05, 4.69) is 9.98 Å². The van der Waals surface area contributed by atoms with Crippen molar-refractivity contribution in [2.75, 3.05) is 0 Å². The van der Waals surface area contributed by atoms with E-state index < -0.39 is 39.3 Å². The lowest BCUT2D eigenvalue weighted by Crippen LogP contribution is -2.51. The quantitative estimate of drug-likeness (QED) is 0.110. The molecule has 0 atom stereocenters. The molecule has 308 valence electrons. The fourth-order valence-electron chi connectivity index (χ4n) is 8.14. The summed E-state index contributed by atoms with van der Waals surface area (Å²) in [6.45, 7) is -0.452. The number of rotatable bonds is 8. The van der Waals surface area contributed by atoms with Crippen LogP contribution in [-0.4, -0.2) is 11.9 Å². The van der Waals surface area contributed by atoms with Crippen LogP contribution in [0.25, 0.3) is 52.8 Å². The molecule has 8 aromatic carbocycles. The lowest BCUT2D eigenvalue weighted by molar-refractivity contribution is -0.183. The number of hydrogen-bond acceptors (Lipinski definition) is 13. The highest BCUT2D eigenvalue weighted by atomic mass is 32.1. The van der Waals surface area contributed by atoms with Crippen LogP contribution in [-0.2, 0) is 37.9 Å². The zero-order valence-corrected chi connectivity index (χ0v) is 34.8. The Kier molecular flexibility index (Phi) is 9.19. The second-order valence-corrected chi connectivity index (χ2v) is 17.3. The van der Waals surface area contributed by atoms with E-state index >= 15 is 0 Å². The van der Waals surface area contributed by atoms with Crippen LogP contribution in [0.15, 0.2) is 175 Å². The van der Waals surface area contributed by atoms with Crippen LogP contribution >= 0.6 is 22.7 Å². The molecule has 0 saturated heterocycles. The second kappa shape index (κ2) is 15.1. The van der Waals surface area contributed by atoms with Crippen molar-refractivity contribution in [1.29, 1.82) is 0 Å². The molecule has 0 spiro atoms. The lowest BCUT2D eigenvalue weighted by Gasteiger charge is -2.33. The van der Waals surface area contributed by atoms with Crippen molar-refractivity contribution < 1.29 is 23.8 Å². The van der Waals surface area contributed by atoms with Gasteiger partial charge in [-0.2, -0.15) is 0 Å². The number of carbonyl (C=O) groups is 2. The smallest absolute Gasteiger partial charge is 0.367 e. The van der Waals surface area contributed by atoms with E-state index in [9.17, 15) is 28.8 Å². The van der Waals surface area contributed by atoms with E-state index in [1.165, 1.54) is 12.1 Å². The highest BCUT2D eigenvalue weighted by molar-refractivity contribution is 7.26. The minimum absolute atomic E-state index is 0.00483. The zero-order valence-electron chi connectivity index (χ0n) is 33.2. The van der Waals surface area contributed by atoms with Gasteiger partial charge in [-0.25, -0.2) is 19.6 Å². The monoisotopic (exact) mass is 876 g/mol. The van der Waals surface area contributed by atoms with Crippen molar-refractivity contribution in [3.05, 3.63) is 214 Å². The van der Waals surface area contributed by atoms with E-state index in [1.54, 1.807) is 72.8 Å². The Morgan fingerprint density at radius 3 is 1.28 bits per heavy atom. The van der Waals surface area contributed by atoms with Gasteiger partial charge in [0.25, 0.3) is 0 Å².